The van der Waals surface area contributed by atoms with Crippen LogP contribution in [-0.4, -0.2) is 16.4 Å². The predicted octanol–water partition coefficient (Wildman–Crippen LogP) is 5.24. The number of para-hydroxylation sites is 1. The zero-order valence-electron chi connectivity index (χ0n) is 15.6. The SMILES string of the molecule is CCCc1nc(Cc2cccc(Oc3ccccc3)c2)c(C)c(C=O)c1O. The van der Waals surface area contributed by atoms with Gasteiger partial charge in [-0.3, -0.25) is 9.78 Å². The predicted molar refractivity (Wildman–Crippen MR) is 106 cm³/mol. The fraction of sp³-hybridized carbons (Fsp3) is 0.217. The second-order valence-corrected chi connectivity index (χ2v) is 6.50. The quantitative estimate of drug-likeness (QED) is 0.584. The molecule has 138 valence electrons. The van der Waals surface area contributed by atoms with E-state index < -0.39 is 0 Å². The van der Waals surface area contributed by atoms with Gasteiger partial charge in [-0.05, 0) is 48.7 Å². The van der Waals surface area contributed by atoms with E-state index in [2.05, 4.69) is 4.98 Å². The summed E-state index contributed by atoms with van der Waals surface area (Å²) in [6.07, 6.45) is 2.76. The number of aryl methyl sites for hydroxylation is 1. The van der Waals surface area contributed by atoms with Gasteiger partial charge in [-0.25, -0.2) is 0 Å². The molecule has 1 aromatic heterocycles. The lowest BCUT2D eigenvalue weighted by molar-refractivity contribution is 0.112. The van der Waals surface area contributed by atoms with Gasteiger partial charge >= 0.3 is 0 Å². The van der Waals surface area contributed by atoms with Crippen LogP contribution in [0, 0.1) is 6.92 Å². The first kappa shape index (κ1) is 18.6. The number of aromatic nitrogens is 1. The average Bonchev–Trinajstić information content (AvgIpc) is 2.67. The normalized spacial score (nSPS) is 10.6. The van der Waals surface area contributed by atoms with Gasteiger partial charge in [0.2, 0.25) is 0 Å². The van der Waals surface area contributed by atoms with Gasteiger partial charge in [-0.15, -0.1) is 0 Å². The molecule has 4 nitrogen and oxygen atoms in total. The largest absolute Gasteiger partial charge is 0.505 e. The Hall–Kier alpha value is -3.14. The monoisotopic (exact) mass is 361 g/mol. The van der Waals surface area contributed by atoms with Gasteiger partial charge in [-0.2, -0.15) is 0 Å². The molecule has 0 aliphatic carbocycles. The molecule has 1 heterocycles. The van der Waals surface area contributed by atoms with Crippen molar-refractivity contribution < 1.29 is 14.6 Å². The summed E-state index contributed by atoms with van der Waals surface area (Å²) in [5.41, 5.74) is 3.47. The van der Waals surface area contributed by atoms with Gasteiger partial charge in [0.25, 0.3) is 0 Å². The number of nitrogens with zero attached hydrogens (tertiary/aromatic N) is 1. The van der Waals surface area contributed by atoms with Gasteiger partial charge < -0.3 is 9.84 Å². The van der Waals surface area contributed by atoms with Gasteiger partial charge in [0.1, 0.15) is 17.2 Å². The molecule has 0 aliphatic rings. The van der Waals surface area contributed by atoms with Gasteiger partial charge in [0.05, 0.1) is 11.3 Å². The molecule has 27 heavy (non-hydrogen) atoms. The van der Waals surface area contributed by atoms with Crippen molar-refractivity contribution in [2.24, 2.45) is 0 Å². The lowest BCUT2D eigenvalue weighted by Crippen LogP contribution is -2.05. The molecular weight excluding hydrogens is 338 g/mol. The number of carbonyl (C=O) groups excluding carboxylic acids is 1. The fourth-order valence-electron chi connectivity index (χ4n) is 3.05. The molecule has 0 aliphatic heterocycles. The number of carbonyl (C=O) groups is 1. The molecule has 0 amide bonds. The first-order valence-corrected chi connectivity index (χ1v) is 9.10. The highest BCUT2D eigenvalue weighted by molar-refractivity contribution is 5.82. The van der Waals surface area contributed by atoms with E-state index in [9.17, 15) is 9.90 Å². The zero-order valence-corrected chi connectivity index (χ0v) is 15.6. The number of ether oxygens (including phenoxy) is 1. The van der Waals surface area contributed by atoms with Crippen molar-refractivity contribution in [3.8, 4) is 17.2 Å². The van der Waals surface area contributed by atoms with Gasteiger partial charge in [0, 0.05) is 12.1 Å². The zero-order chi connectivity index (χ0) is 19.2. The third-order valence-corrected chi connectivity index (χ3v) is 4.49. The van der Waals surface area contributed by atoms with E-state index in [1.54, 1.807) is 0 Å². The molecule has 4 heteroatoms. The van der Waals surface area contributed by atoms with E-state index in [1.165, 1.54) is 0 Å². The van der Waals surface area contributed by atoms with Crippen molar-refractivity contribution in [3.05, 3.63) is 82.7 Å². The maximum absolute atomic E-state index is 11.5. The standard InChI is InChI=1S/C23H23NO3/c1-3-8-21-23(26)20(15-25)16(2)22(24-21)14-17-9-7-12-19(13-17)27-18-10-5-4-6-11-18/h4-7,9-13,15,26H,3,8,14H2,1-2H3. The number of hydrogen-bond acceptors (Lipinski definition) is 4. The fourth-order valence-corrected chi connectivity index (χ4v) is 3.05. The highest BCUT2D eigenvalue weighted by Crippen LogP contribution is 2.28. The number of aromatic hydroxyl groups is 1. The van der Waals surface area contributed by atoms with Crippen LogP contribution in [0.3, 0.4) is 0 Å². The molecule has 0 spiro atoms. The average molecular weight is 361 g/mol. The molecule has 3 aromatic rings. The number of pyridine rings is 1. The van der Waals surface area contributed by atoms with Crippen LogP contribution in [-0.2, 0) is 12.8 Å². The lowest BCUT2D eigenvalue weighted by Gasteiger charge is -2.14. The topological polar surface area (TPSA) is 59.4 Å². The summed E-state index contributed by atoms with van der Waals surface area (Å²) >= 11 is 0. The third-order valence-electron chi connectivity index (χ3n) is 4.49. The summed E-state index contributed by atoms with van der Waals surface area (Å²) in [7, 11) is 0. The summed E-state index contributed by atoms with van der Waals surface area (Å²) in [5, 5.41) is 10.3. The van der Waals surface area contributed by atoms with Crippen LogP contribution in [0.25, 0.3) is 0 Å². The Morgan fingerprint density at radius 1 is 1.04 bits per heavy atom. The number of hydrogen-bond donors (Lipinski definition) is 1. The van der Waals surface area contributed by atoms with Crippen molar-refractivity contribution in [2.75, 3.05) is 0 Å². The number of aldehydes is 1. The van der Waals surface area contributed by atoms with Crippen LogP contribution in [0.15, 0.2) is 54.6 Å². The minimum absolute atomic E-state index is 0.00858. The maximum Gasteiger partial charge on any atom is 0.154 e. The van der Waals surface area contributed by atoms with E-state index in [0.717, 1.165) is 34.7 Å². The molecular formula is C23H23NO3. The van der Waals surface area contributed by atoms with Crippen molar-refractivity contribution in [3.63, 3.8) is 0 Å². The minimum Gasteiger partial charge on any atom is -0.505 e. The molecule has 3 rings (SSSR count). The molecule has 0 saturated carbocycles. The molecule has 0 fully saturated rings. The van der Waals surface area contributed by atoms with Crippen LogP contribution in [0.1, 0.15) is 46.2 Å². The van der Waals surface area contributed by atoms with Crippen molar-refractivity contribution in [1.29, 1.82) is 0 Å². The summed E-state index contributed by atoms with van der Waals surface area (Å²) < 4.78 is 5.90. The highest BCUT2D eigenvalue weighted by Gasteiger charge is 2.16. The minimum atomic E-state index is 0.00858. The summed E-state index contributed by atoms with van der Waals surface area (Å²) in [5.74, 6) is 1.54. The van der Waals surface area contributed by atoms with Crippen molar-refractivity contribution in [1.82, 2.24) is 4.98 Å². The Bertz CT molecular complexity index is 936. The Balaban J connectivity index is 1.90. The molecule has 0 radical (unpaired) electrons. The second-order valence-electron chi connectivity index (χ2n) is 6.50. The summed E-state index contributed by atoms with van der Waals surface area (Å²) in [6.45, 7) is 3.84. The molecule has 1 N–H and O–H groups in total. The lowest BCUT2D eigenvalue weighted by atomic mass is 9.99. The Morgan fingerprint density at radius 3 is 2.48 bits per heavy atom. The van der Waals surface area contributed by atoms with Gasteiger partial charge in [0.15, 0.2) is 6.29 Å². The summed E-state index contributed by atoms with van der Waals surface area (Å²) in [6, 6.07) is 17.5. The van der Waals surface area contributed by atoms with Crippen LogP contribution >= 0.6 is 0 Å². The van der Waals surface area contributed by atoms with Crippen LogP contribution in [0.4, 0.5) is 0 Å². The molecule has 0 bridgehead atoms. The third kappa shape index (κ3) is 4.34. The Kier molecular flexibility index (Phi) is 5.87. The van der Waals surface area contributed by atoms with E-state index in [0.29, 0.717) is 30.4 Å². The van der Waals surface area contributed by atoms with E-state index in [-0.39, 0.29) is 5.75 Å². The highest BCUT2D eigenvalue weighted by atomic mass is 16.5. The summed E-state index contributed by atoms with van der Waals surface area (Å²) in [4.78, 5) is 16.1. The van der Waals surface area contributed by atoms with E-state index in [1.807, 2.05) is 68.4 Å². The number of benzene rings is 2. The molecule has 0 atom stereocenters. The smallest absolute Gasteiger partial charge is 0.154 e. The Labute approximate surface area is 159 Å². The van der Waals surface area contributed by atoms with Crippen LogP contribution in [0.2, 0.25) is 0 Å². The van der Waals surface area contributed by atoms with E-state index >= 15 is 0 Å². The molecule has 2 aromatic carbocycles. The first-order valence-electron chi connectivity index (χ1n) is 9.10. The molecule has 0 saturated heterocycles. The molecule has 0 unspecified atom stereocenters. The van der Waals surface area contributed by atoms with Crippen LogP contribution < -0.4 is 4.74 Å². The van der Waals surface area contributed by atoms with Crippen molar-refractivity contribution >= 4 is 6.29 Å². The maximum atomic E-state index is 11.5. The first-order chi connectivity index (χ1) is 13.1. The Morgan fingerprint density at radius 2 is 1.78 bits per heavy atom. The van der Waals surface area contributed by atoms with Gasteiger partial charge in [-0.1, -0.05) is 43.7 Å². The number of rotatable bonds is 7. The van der Waals surface area contributed by atoms with Crippen LogP contribution in [0.5, 0.6) is 17.2 Å². The van der Waals surface area contributed by atoms with E-state index in [4.69, 9.17) is 4.74 Å². The van der Waals surface area contributed by atoms with Crippen molar-refractivity contribution in [2.45, 2.75) is 33.1 Å². The second kappa shape index (κ2) is 8.49.